The van der Waals surface area contributed by atoms with E-state index in [1.54, 1.807) is 6.20 Å². The van der Waals surface area contributed by atoms with Crippen LogP contribution in [0.5, 0.6) is 0 Å². The minimum Gasteiger partial charge on any atom is -0.355 e. The summed E-state index contributed by atoms with van der Waals surface area (Å²) < 4.78 is 1.85. The number of hydrogen-bond donors (Lipinski definition) is 0. The molecule has 0 unspecified atom stereocenters. The van der Waals surface area contributed by atoms with E-state index < -0.39 is 0 Å². The highest BCUT2D eigenvalue weighted by atomic mass is 15.3. The van der Waals surface area contributed by atoms with Crippen molar-refractivity contribution in [1.82, 2.24) is 29.6 Å². The van der Waals surface area contributed by atoms with Crippen LogP contribution >= 0.6 is 0 Å². The zero-order valence-corrected chi connectivity index (χ0v) is 15.4. The molecule has 7 heteroatoms. The van der Waals surface area contributed by atoms with E-state index in [0.717, 1.165) is 53.2 Å². The molecule has 2 atom stereocenters. The van der Waals surface area contributed by atoms with Crippen LogP contribution in [0.2, 0.25) is 0 Å². The summed E-state index contributed by atoms with van der Waals surface area (Å²) in [5, 5.41) is 5.67. The van der Waals surface area contributed by atoms with Crippen LogP contribution in [0.3, 0.4) is 0 Å². The fourth-order valence-electron chi connectivity index (χ4n) is 4.56. The molecular weight excluding hydrogens is 326 g/mol. The Balaban J connectivity index is 1.64. The van der Waals surface area contributed by atoms with E-state index in [1.165, 1.54) is 13.1 Å². The van der Waals surface area contributed by atoms with Crippen molar-refractivity contribution in [3.05, 3.63) is 30.1 Å². The van der Waals surface area contributed by atoms with E-state index in [2.05, 4.69) is 26.9 Å². The molecule has 134 valence electrons. The molecule has 2 aliphatic rings. The summed E-state index contributed by atoms with van der Waals surface area (Å²) in [5.41, 5.74) is 2.66. The van der Waals surface area contributed by atoms with E-state index in [4.69, 9.17) is 9.97 Å². The van der Waals surface area contributed by atoms with Crippen LogP contribution in [0.4, 0.5) is 5.82 Å². The highest BCUT2D eigenvalue weighted by molar-refractivity contribution is 5.91. The minimum absolute atomic E-state index is 0.672. The van der Waals surface area contributed by atoms with Gasteiger partial charge in [0, 0.05) is 39.4 Å². The van der Waals surface area contributed by atoms with Gasteiger partial charge in [-0.3, -0.25) is 9.67 Å². The van der Waals surface area contributed by atoms with Crippen molar-refractivity contribution < 1.29 is 0 Å². The largest absolute Gasteiger partial charge is 0.355 e. The molecule has 5 heterocycles. The second-order valence-electron chi connectivity index (χ2n) is 7.64. The Morgan fingerprint density at radius 1 is 1.00 bits per heavy atom. The van der Waals surface area contributed by atoms with Crippen LogP contribution in [-0.2, 0) is 7.05 Å². The highest BCUT2D eigenvalue weighted by Crippen LogP contribution is 2.36. The zero-order valence-electron chi connectivity index (χ0n) is 15.4. The smallest absolute Gasteiger partial charge is 0.182 e. The molecule has 0 aliphatic carbocycles. The molecule has 2 aliphatic heterocycles. The first-order valence-electron chi connectivity index (χ1n) is 9.16. The van der Waals surface area contributed by atoms with Crippen molar-refractivity contribution in [1.29, 1.82) is 0 Å². The number of hydrogen-bond acceptors (Lipinski definition) is 6. The molecular formula is C19H23N7. The van der Waals surface area contributed by atoms with Crippen LogP contribution in [0.15, 0.2) is 24.4 Å². The molecule has 0 radical (unpaired) electrons. The van der Waals surface area contributed by atoms with Crippen LogP contribution in [0.25, 0.3) is 22.6 Å². The predicted octanol–water partition coefficient (Wildman–Crippen LogP) is 1.73. The number of aromatic nitrogens is 5. The monoisotopic (exact) mass is 349 g/mol. The topological polar surface area (TPSA) is 63.0 Å². The Morgan fingerprint density at radius 3 is 2.46 bits per heavy atom. The molecule has 3 aromatic heterocycles. The molecule has 26 heavy (non-hydrogen) atoms. The van der Waals surface area contributed by atoms with Gasteiger partial charge in [-0.2, -0.15) is 5.10 Å². The molecule has 0 bridgehead atoms. The molecule has 0 saturated carbocycles. The van der Waals surface area contributed by atoms with Gasteiger partial charge in [0.2, 0.25) is 0 Å². The summed E-state index contributed by atoms with van der Waals surface area (Å²) in [6.07, 6.45) is 1.78. The lowest BCUT2D eigenvalue weighted by Crippen LogP contribution is -2.27. The number of anilines is 1. The van der Waals surface area contributed by atoms with Crippen molar-refractivity contribution in [2.24, 2.45) is 18.9 Å². The third kappa shape index (κ3) is 2.38. The van der Waals surface area contributed by atoms with Gasteiger partial charge >= 0.3 is 0 Å². The molecule has 0 N–H and O–H groups in total. The molecule has 2 fully saturated rings. The van der Waals surface area contributed by atoms with Gasteiger partial charge in [-0.05, 0) is 37.9 Å². The maximum atomic E-state index is 4.96. The fraction of sp³-hybridized carbons (Fsp3) is 0.474. The Kier molecular flexibility index (Phi) is 3.46. The maximum Gasteiger partial charge on any atom is 0.182 e. The molecule has 7 nitrogen and oxygen atoms in total. The number of aryl methyl sites for hydroxylation is 2. The summed E-state index contributed by atoms with van der Waals surface area (Å²) in [6, 6.07) is 5.84. The highest BCUT2D eigenvalue weighted by Gasteiger charge is 2.40. The summed E-state index contributed by atoms with van der Waals surface area (Å²) in [7, 11) is 4.16. The zero-order chi connectivity index (χ0) is 17.8. The lowest BCUT2D eigenvalue weighted by molar-refractivity contribution is 0.387. The maximum absolute atomic E-state index is 4.96. The van der Waals surface area contributed by atoms with Crippen molar-refractivity contribution in [3.63, 3.8) is 0 Å². The Bertz CT molecular complexity index is 951. The van der Waals surface area contributed by atoms with Gasteiger partial charge in [-0.15, -0.1) is 0 Å². The van der Waals surface area contributed by atoms with Crippen molar-refractivity contribution in [2.45, 2.75) is 6.92 Å². The van der Waals surface area contributed by atoms with Gasteiger partial charge in [0.05, 0.1) is 11.1 Å². The van der Waals surface area contributed by atoms with Gasteiger partial charge in [0.1, 0.15) is 11.5 Å². The van der Waals surface area contributed by atoms with Crippen molar-refractivity contribution >= 4 is 16.9 Å². The van der Waals surface area contributed by atoms with Crippen molar-refractivity contribution in [2.75, 3.05) is 38.1 Å². The first-order chi connectivity index (χ1) is 12.6. The van der Waals surface area contributed by atoms with E-state index >= 15 is 0 Å². The number of rotatable bonds is 2. The summed E-state index contributed by atoms with van der Waals surface area (Å²) in [6.45, 7) is 6.50. The van der Waals surface area contributed by atoms with E-state index in [-0.39, 0.29) is 0 Å². The Morgan fingerprint density at radius 2 is 1.77 bits per heavy atom. The average molecular weight is 349 g/mol. The van der Waals surface area contributed by atoms with Gasteiger partial charge in [0.25, 0.3) is 0 Å². The Labute approximate surface area is 152 Å². The molecule has 3 aromatic rings. The molecule has 0 amide bonds. The third-order valence-electron chi connectivity index (χ3n) is 5.70. The minimum atomic E-state index is 0.672. The quantitative estimate of drug-likeness (QED) is 0.702. The van der Waals surface area contributed by atoms with Gasteiger partial charge in [-0.25, -0.2) is 9.97 Å². The summed E-state index contributed by atoms with van der Waals surface area (Å²) in [5.74, 6) is 3.13. The average Bonchev–Trinajstić information content (AvgIpc) is 3.26. The molecule has 2 saturated heterocycles. The molecule has 5 rings (SSSR count). The standard InChI is InChI=1S/C19H23N7/c1-12-16-18(25(3)23-12)21-17(15-6-4-5-7-20-15)22-19(16)26-10-13-8-24(2)9-14(13)11-26/h4-7,13-14H,8-11H2,1-3H3/t13-,14+. The summed E-state index contributed by atoms with van der Waals surface area (Å²) in [4.78, 5) is 19.1. The van der Waals surface area contributed by atoms with Crippen LogP contribution in [-0.4, -0.2) is 62.9 Å². The predicted molar refractivity (Wildman–Crippen MR) is 101 cm³/mol. The van der Waals surface area contributed by atoms with E-state index in [9.17, 15) is 0 Å². The van der Waals surface area contributed by atoms with Gasteiger partial charge in [-0.1, -0.05) is 6.07 Å². The van der Waals surface area contributed by atoms with Crippen LogP contribution in [0.1, 0.15) is 5.69 Å². The normalized spacial score (nSPS) is 23.1. The van der Waals surface area contributed by atoms with E-state index in [0.29, 0.717) is 5.82 Å². The lowest BCUT2D eigenvalue weighted by Gasteiger charge is -2.21. The van der Waals surface area contributed by atoms with Crippen LogP contribution in [0, 0.1) is 18.8 Å². The van der Waals surface area contributed by atoms with Crippen LogP contribution < -0.4 is 4.90 Å². The van der Waals surface area contributed by atoms with E-state index in [1.807, 2.05) is 36.9 Å². The SMILES string of the molecule is Cc1nn(C)c2nc(-c3ccccn3)nc(N3C[C@H]4CN(C)C[C@H]4C3)c12. The fourth-order valence-corrected chi connectivity index (χ4v) is 4.56. The summed E-state index contributed by atoms with van der Waals surface area (Å²) >= 11 is 0. The number of likely N-dealkylation sites (tertiary alicyclic amines) is 1. The number of pyridine rings is 1. The van der Waals surface area contributed by atoms with Gasteiger partial charge < -0.3 is 9.80 Å². The first-order valence-corrected chi connectivity index (χ1v) is 9.16. The second kappa shape index (κ2) is 5.74. The number of nitrogens with zero attached hydrogens (tertiary/aromatic N) is 7. The lowest BCUT2D eigenvalue weighted by atomic mass is 10.0. The third-order valence-corrected chi connectivity index (χ3v) is 5.70. The molecule has 0 aromatic carbocycles. The Hall–Kier alpha value is -2.54. The first kappa shape index (κ1) is 15.7. The van der Waals surface area contributed by atoms with Gasteiger partial charge in [0.15, 0.2) is 11.5 Å². The molecule has 0 spiro atoms. The van der Waals surface area contributed by atoms with Crippen molar-refractivity contribution in [3.8, 4) is 11.5 Å². The number of fused-ring (bicyclic) bond motifs is 2. The second-order valence-corrected chi connectivity index (χ2v) is 7.64.